The summed E-state index contributed by atoms with van der Waals surface area (Å²) in [6.07, 6.45) is 8.52. The molecule has 0 amide bonds. The Balaban J connectivity index is 1.91. The Bertz CT molecular complexity index is 318. The van der Waals surface area contributed by atoms with Crippen LogP contribution in [0.4, 0.5) is 5.95 Å². The molecule has 0 radical (unpaired) electrons. The topological polar surface area (TPSA) is 29.0 Å². The number of aromatic nitrogens is 2. The summed E-state index contributed by atoms with van der Waals surface area (Å²) in [6.45, 7) is 4.41. The molecular formula is C12H18ClN3. The molecule has 1 aliphatic heterocycles. The molecule has 0 spiro atoms. The van der Waals surface area contributed by atoms with Gasteiger partial charge in [-0.15, -0.1) is 0 Å². The maximum atomic E-state index is 5.77. The van der Waals surface area contributed by atoms with E-state index in [2.05, 4.69) is 21.8 Å². The van der Waals surface area contributed by atoms with Gasteiger partial charge in [-0.1, -0.05) is 31.4 Å². The highest BCUT2D eigenvalue weighted by molar-refractivity contribution is 6.30. The van der Waals surface area contributed by atoms with E-state index in [9.17, 15) is 0 Å². The smallest absolute Gasteiger partial charge is 0.225 e. The molecule has 16 heavy (non-hydrogen) atoms. The zero-order valence-electron chi connectivity index (χ0n) is 9.69. The summed E-state index contributed by atoms with van der Waals surface area (Å²) in [6, 6.07) is 0. The lowest BCUT2D eigenvalue weighted by Gasteiger charge is -2.31. The third-order valence-corrected chi connectivity index (χ3v) is 3.40. The summed E-state index contributed by atoms with van der Waals surface area (Å²) in [5.74, 6) is 1.72. The average Bonchev–Trinajstić information content (AvgIpc) is 2.32. The fourth-order valence-electron chi connectivity index (χ4n) is 2.30. The first-order valence-corrected chi connectivity index (χ1v) is 6.40. The molecule has 3 nitrogen and oxygen atoms in total. The van der Waals surface area contributed by atoms with E-state index in [-0.39, 0.29) is 0 Å². The van der Waals surface area contributed by atoms with E-state index < -0.39 is 0 Å². The van der Waals surface area contributed by atoms with Gasteiger partial charge in [0.05, 0.1) is 17.4 Å². The maximum absolute atomic E-state index is 5.77. The number of hydrogen-bond donors (Lipinski definition) is 0. The predicted molar refractivity (Wildman–Crippen MR) is 66.9 cm³/mol. The van der Waals surface area contributed by atoms with E-state index in [1.165, 1.54) is 25.7 Å². The minimum Gasteiger partial charge on any atom is -0.341 e. The normalized spacial score (nSPS) is 17.8. The SMILES string of the molecule is CCCC1CCN(c2ncc(Cl)cn2)CC1. The molecule has 1 aromatic rings. The van der Waals surface area contributed by atoms with Crippen LogP contribution in [0.1, 0.15) is 32.6 Å². The van der Waals surface area contributed by atoms with E-state index in [1.54, 1.807) is 12.4 Å². The minimum atomic E-state index is 0.601. The third-order valence-electron chi connectivity index (χ3n) is 3.20. The molecule has 1 aromatic heterocycles. The number of rotatable bonds is 3. The second-order valence-corrected chi connectivity index (χ2v) is 4.86. The molecule has 0 saturated carbocycles. The molecule has 1 saturated heterocycles. The minimum absolute atomic E-state index is 0.601. The quantitative estimate of drug-likeness (QED) is 0.812. The predicted octanol–water partition coefficient (Wildman–Crippen LogP) is 3.15. The second-order valence-electron chi connectivity index (χ2n) is 4.42. The van der Waals surface area contributed by atoms with Gasteiger partial charge in [0, 0.05) is 13.1 Å². The fraction of sp³-hybridized carbons (Fsp3) is 0.667. The van der Waals surface area contributed by atoms with E-state index in [0.717, 1.165) is 25.0 Å². The first-order chi connectivity index (χ1) is 7.79. The summed E-state index contributed by atoms with van der Waals surface area (Å²) >= 11 is 5.77. The van der Waals surface area contributed by atoms with Crippen LogP contribution in [0.5, 0.6) is 0 Å². The number of anilines is 1. The third kappa shape index (κ3) is 2.85. The first-order valence-electron chi connectivity index (χ1n) is 6.02. The van der Waals surface area contributed by atoms with Gasteiger partial charge < -0.3 is 4.90 Å². The summed E-state index contributed by atoms with van der Waals surface area (Å²) in [5.41, 5.74) is 0. The van der Waals surface area contributed by atoms with E-state index in [1.807, 2.05) is 0 Å². The van der Waals surface area contributed by atoms with Crippen LogP contribution in [0, 0.1) is 5.92 Å². The summed E-state index contributed by atoms with van der Waals surface area (Å²) in [7, 11) is 0. The van der Waals surface area contributed by atoms with Gasteiger partial charge >= 0.3 is 0 Å². The van der Waals surface area contributed by atoms with Crippen molar-refractivity contribution in [1.29, 1.82) is 0 Å². The molecule has 0 aromatic carbocycles. The Kier molecular flexibility index (Phi) is 3.99. The van der Waals surface area contributed by atoms with Crippen molar-refractivity contribution in [3.8, 4) is 0 Å². The van der Waals surface area contributed by atoms with Crippen molar-refractivity contribution in [2.24, 2.45) is 5.92 Å². The Morgan fingerprint density at radius 3 is 2.50 bits per heavy atom. The number of hydrogen-bond acceptors (Lipinski definition) is 3. The highest BCUT2D eigenvalue weighted by Gasteiger charge is 2.19. The molecular weight excluding hydrogens is 222 g/mol. The Morgan fingerprint density at radius 1 is 1.31 bits per heavy atom. The zero-order chi connectivity index (χ0) is 11.4. The Morgan fingerprint density at radius 2 is 1.94 bits per heavy atom. The molecule has 0 aliphatic carbocycles. The first kappa shape index (κ1) is 11.6. The standard InChI is InChI=1S/C12H18ClN3/c1-2-3-10-4-6-16(7-5-10)12-14-8-11(13)9-15-12/h8-10H,2-7H2,1H3. The number of piperidine rings is 1. The van der Waals surface area contributed by atoms with Gasteiger partial charge in [0.15, 0.2) is 0 Å². The molecule has 0 unspecified atom stereocenters. The van der Waals surface area contributed by atoms with Gasteiger partial charge in [-0.3, -0.25) is 0 Å². The van der Waals surface area contributed by atoms with Crippen molar-refractivity contribution in [2.75, 3.05) is 18.0 Å². The van der Waals surface area contributed by atoms with Gasteiger partial charge in [-0.25, -0.2) is 9.97 Å². The lowest BCUT2D eigenvalue weighted by molar-refractivity contribution is 0.376. The van der Waals surface area contributed by atoms with Gasteiger partial charge in [-0.05, 0) is 18.8 Å². The average molecular weight is 240 g/mol. The lowest BCUT2D eigenvalue weighted by Crippen LogP contribution is -2.34. The molecule has 2 heterocycles. The van der Waals surface area contributed by atoms with Crippen molar-refractivity contribution in [3.05, 3.63) is 17.4 Å². The van der Waals surface area contributed by atoms with Crippen LogP contribution in [-0.2, 0) is 0 Å². The van der Waals surface area contributed by atoms with Crippen LogP contribution in [0.25, 0.3) is 0 Å². The molecule has 0 bridgehead atoms. The van der Waals surface area contributed by atoms with Crippen molar-refractivity contribution in [2.45, 2.75) is 32.6 Å². The van der Waals surface area contributed by atoms with E-state index in [0.29, 0.717) is 5.02 Å². The molecule has 4 heteroatoms. The highest BCUT2D eigenvalue weighted by Crippen LogP contribution is 2.24. The van der Waals surface area contributed by atoms with Gasteiger partial charge in [0.1, 0.15) is 0 Å². The van der Waals surface area contributed by atoms with E-state index >= 15 is 0 Å². The van der Waals surface area contributed by atoms with Crippen LogP contribution in [0.3, 0.4) is 0 Å². The molecule has 0 N–H and O–H groups in total. The summed E-state index contributed by atoms with van der Waals surface area (Å²) in [5, 5.41) is 0.601. The number of nitrogens with zero attached hydrogens (tertiary/aromatic N) is 3. The molecule has 1 aliphatic rings. The van der Waals surface area contributed by atoms with Crippen LogP contribution >= 0.6 is 11.6 Å². The van der Waals surface area contributed by atoms with Gasteiger partial charge in [0.2, 0.25) is 5.95 Å². The van der Waals surface area contributed by atoms with Crippen LogP contribution < -0.4 is 4.90 Å². The largest absolute Gasteiger partial charge is 0.341 e. The van der Waals surface area contributed by atoms with Crippen molar-refractivity contribution in [3.63, 3.8) is 0 Å². The zero-order valence-corrected chi connectivity index (χ0v) is 10.5. The van der Waals surface area contributed by atoms with Gasteiger partial charge in [-0.2, -0.15) is 0 Å². The van der Waals surface area contributed by atoms with Crippen molar-refractivity contribution < 1.29 is 0 Å². The van der Waals surface area contributed by atoms with Gasteiger partial charge in [0.25, 0.3) is 0 Å². The lowest BCUT2D eigenvalue weighted by atomic mass is 9.93. The Hall–Kier alpha value is -0.830. The summed E-state index contributed by atoms with van der Waals surface area (Å²) < 4.78 is 0. The Labute approximate surface area is 102 Å². The fourth-order valence-corrected chi connectivity index (χ4v) is 2.40. The molecule has 2 rings (SSSR count). The highest BCUT2D eigenvalue weighted by atomic mass is 35.5. The molecule has 88 valence electrons. The van der Waals surface area contributed by atoms with Crippen molar-refractivity contribution in [1.82, 2.24) is 9.97 Å². The second kappa shape index (κ2) is 5.48. The monoisotopic (exact) mass is 239 g/mol. The summed E-state index contributed by atoms with van der Waals surface area (Å²) in [4.78, 5) is 10.8. The van der Waals surface area contributed by atoms with Crippen LogP contribution in [-0.4, -0.2) is 23.1 Å². The van der Waals surface area contributed by atoms with Crippen LogP contribution in [0.15, 0.2) is 12.4 Å². The maximum Gasteiger partial charge on any atom is 0.225 e. The van der Waals surface area contributed by atoms with Crippen molar-refractivity contribution >= 4 is 17.5 Å². The molecule has 1 fully saturated rings. The van der Waals surface area contributed by atoms with E-state index in [4.69, 9.17) is 11.6 Å². The molecule has 0 atom stereocenters. The van der Waals surface area contributed by atoms with Crippen LogP contribution in [0.2, 0.25) is 5.02 Å². The number of halogens is 1.